The molecule has 5 heteroatoms. The summed E-state index contributed by atoms with van der Waals surface area (Å²) in [5.41, 5.74) is 0.871. The van der Waals surface area contributed by atoms with Crippen molar-refractivity contribution in [3.8, 4) is 0 Å². The number of rotatable bonds is 4. The first-order chi connectivity index (χ1) is 9.63. The summed E-state index contributed by atoms with van der Waals surface area (Å²) in [4.78, 5) is 25.4. The summed E-state index contributed by atoms with van der Waals surface area (Å²) >= 11 is 5.85. The van der Waals surface area contributed by atoms with Crippen LogP contribution in [0.5, 0.6) is 0 Å². The van der Waals surface area contributed by atoms with E-state index in [0.29, 0.717) is 24.5 Å². The minimum Gasteiger partial charge on any atom is -0.356 e. The van der Waals surface area contributed by atoms with Gasteiger partial charge < -0.3 is 10.2 Å². The predicted molar refractivity (Wildman–Crippen MR) is 77.6 cm³/mol. The van der Waals surface area contributed by atoms with Crippen molar-refractivity contribution < 1.29 is 9.59 Å². The van der Waals surface area contributed by atoms with E-state index in [1.165, 1.54) is 0 Å². The number of nitrogens with one attached hydrogen (secondary N) is 1. The van der Waals surface area contributed by atoms with Crippen molar-refractivity contribution in [3.05, 3.63) is 29.3 Å². The quantitative estimate of drug-likeness (QED) is 0.925. The van der Waals surface area contributed by atoms with Gasteiger partial charge in [-0.1, -0.05) is 11.6 Å². The van der Waals surface area contributed by atoms with E-state index in [1.807, 2.05) is 12.1 Å². The Morgan fingerprint density at radius 1 is 1.30 bits per heavy atom. The van der Waals surface area contributed by atoms with Crippen molar-refractivity contribution in [2.75, 3.05) is 18.0 Å². The number of hydrogen-bond donors (Lipinski definition) is 1. The molecule has 1 heterocycles. The molecule has 0 radical (unpaired) electrons. The zero-order valence-corrected chi connectivity index (χ0v) is 11.9. The summed E-state index contributed by atoms with van der Waals surface area (Å²) in [5.74, 6) is 0.667. The Morgan fingerprint density at radius 3 is 2.65 bits per heavy atom. The highest BCUT2D eigenvalue weighted by molar-refractivity contribution is 6.30. The molecule has 2 fully saturated rings. The van der Waals surface area contributed by atoms with Crippen LogP contribution in [-0.2, 0) is 9.59 Å². The van der Waals surface area contributed by atoms with Crippen molar-refractivity contribution in [3.63, 3.8) is 0 Å². The van der Waals surface area contributed by atoms with Gasteiger partial charge in [0.1, 0.15) is 0 Å². The number of nitrogens with zero attached hydrogens (tertiary/aromatic N) is 1. The van der Waals surface area contributed by atoms with E-state index in [2.05, 4.69) is 5.32 Å². The highest BCUT2D eigenvalue weighted by Crippen LogP contribution is 2.29. The molecule has 1 aliphatic heterocycles. The Morgan fingerprint density at radius 2 is 2.00 bits per heavy atom. The molecule has 0 bridgehead atoms. The average Bonchev–Trinajstić information content (AvgIpc) is 3.21. The highest BCUT2D eigenvalue weighted by Gasteiger charge is 2.33. The maximum Gasteiger partial charge on any atom is 0.227 e. The molecule has 1 saturated heterocycles. The van der Waals surface area contributed by atoms with Crippen LogP contribution in [0.15, 0.2) is 24.3 Å². The van der Waals surface area contributed by atoms with Gasteiger partial charge in [0.05, 0.1) is 0 Å². The maximum absolute atomic E-state index is 12.0. The summed E-state index contributed by atoms with van der Waals surface area (Å²) in [6.45, 7) is 1.25. The van der Waals surface area contributed by atoms with E-state index in [9.17, 15) is 9.59 Å². The van der Waals surface area contributed by atoms with Crippen LogP contribution in [0, 0.1) is 11.8 Å². The van der Waals surface area contributed by atoms with Crippen LogP contribution in [0.3, 0.4) is 0 Å². The number of anilines is 1. The summed E-state index contributed by atoms with van der Waals surface area (Å²) in [6, 6.07) is 7.27. The molecule has 1 aromatic rings. The van der Waals surface area contributed by atoms with Crippen molar-refractivity contribution >= 4 is 29.1 Å². The summed E-state index contributed by atoms with van der Waals surface area (Å²) in [7, 11) is 0. The molecule has 0 unspecified atom stereocenters. The second-order valence-corrected chi connectivity index (χ2v) is 6.01. The van der Waals surface area contributed by atoms with Gasteiger partial charge in [0.15, 0.2) is 0 Å². The molecule has 20 heavy (non-hydrogen) atoms. The van der Waals surface area contributed by atoms with Gasteiger partial charge in [-0.25, -0.2) is 0 Å². The SMILES string of the molecule is O=C(NC[C@@H]1CC(=O)N(c2ccc(Cl)cc2)C1)C1CC1. The fourth-order valence-corrected chi connectivity index (χ4v) is 2.65. The molecule has 1 saturated carbocycles. The van der Waals surface area contributed by atoms with Crippen molar-refractivity contribution in [2.24, 2.45) is 11.8 Å². The average molecular weight is 293 g/mol. The van der Waals surface area contributed by atoms with Crippen LogP contribution >= 0.6 is 11.6 Å². The van der Waals surface area contributed by atoms with Gasteiger partial charge >= 0.3 is 0 Å². The molecule has 0 aromatic heterocycles. The van der Waals surface area contributed by atoms with E-state index in [1.54, 1.807) is 17.0 Å². The molecule has 1 aliphatic carbocycles. The lowest BCUT2D eigenvalue weighted by Crippen LogP contribution is -2.32. The fourth-order valence-electron chi connectivity index (χ4n) is 2.52. The molecule has 106 valence electrons. The number of hydrogen-bond acceptors (Lipinski definition) is 2. The minimum atomic E-state index is 0.109. The molecular formula is C15H17ClN2O2. The van der Waals surface area contributed by atoms with Gasteiger partial charge in [-0.15, -0.1) is 0 Å². The number of halogens is 1. The van der Waals surface area contributed by atoms with Crippen molar-refractivity contribution in [1.29, 1.82) is 0 Å². The summed E-state index contributed by atoms with van der Waals surface area (Å²) < 4.78 is 0. The topological polar surface area (TPSA) is 49.4 Å². The van der Waals surface area contributed by atoms with Gasteiger partial charge in [0.2, 0.25) is 11.8 Å². The summed E-state index contributed by atoms with van der Waals surface area (Å²) in [6.07, 6.45) is 2.51. The van der Waals surface area contributed by atoms with E-state index >= 15 is 0 Å². The highest BCUT2D eigenvalue weighted by atomic mass is 35.5. The lowest BCUT2D eigenvalue weighted by Gasteiger charge is -2.17. The predicted octanol–water partition coefficient (Wildman–Crippen LogP) is 2.22. The normalized spacial score (nSPS) is 22.1. The van der Waals surface area contributed by atoms with Gasteiger partial charge in [-0.05, 0) is 37.1 Å². The smallest absolute Gasteiger partial charge is 0.227 e. The Bertz CT molecular complexity index is 525. The van der Waals surface area contributed by atoms with Crippen LogP contribution in [0.25, 0.3) is 0 Å². The Kier molecular flexibility index (Phi) is 3.66. The largest absolute Gasteiger partial charge is 0.356 e. The molecule has 2 amide bonds. The molecule has 1 aromatic carbocycles. The van der Waals surface area contributed by atoms with Crippen LogP contribution in [0.4, 0.5) is 5.69 Å². The lowest BCUT2D eigenvalue weighted by molar-refractivity contribution is -0.122. The first-order valence-corrected chi connectivity index (χ1v) is 7.35. The number of amides is 2. The molecule has 2 aliphatic rings. The van der Waals surface area contributed by atoms with E-state index in [4.69, 9.17) is 11.6 Å². The Labute approximate surface area is 123 Å². The zero-order valence-electron chi connectivity index (χ0n) is 11.1. The standard InChI is InChI=1S/C15H17ClN2O2/c16-12-3-5-13(6-4-12)18-9-10(7-14(18)19)8-17-15(20)11-1-2-11/h3-6,10-11H,1-2,7-9H2,(H,17,20)/t10-/m0/s1. The first kappa shape index (κ1) is 13.4. The van der Waals surface area contributed by atoms with Gasteiger partial charge in [0.25, 0.3) is 0 Å². The Hall–Kier alpha value is -1.55. The van der Waals surface area contributed by atoms with Crippen LogP contribution in [0.1, 0.15) is 19.3 Å². The second-order valence-electron chi connectivity index (χ2n) is 5.57. The minimum absolute atomic E-state index is 0.109. The molecule has 0 spiro atoms. The molecule has 3 rings (SSSR count). The molecular weight excluding hydrogens is 276 g/mol. The van der Waals surface area contributed by atoms with E-state index < -0.39 is 0 Å². The maximum atomic E-state index is 12.0. The van der Waals surface area contributed by atoms with Gasteiger partial charge in [0, 0.05) is 42.1 Å². The van der Waals surface area contributed by atoms with Crippen molar-refractivity contribution in [1.82, 2.24) is 5.32 Å². The van der Waals surface area contributed by atoms with Crippen molar-refractivity contribution in [2.45, 2.75) is 19.3 Å². The number of benzene rings is 1. The Balaban J connectivity index is 1.57. The number of carbonyl (C=O) groups excluding carboxylic acids is 2. The van der Waals surface area contributed by atoms with E-state index in [0.717, 1.165) is 18.5 Å². The number of carbonyl (C=O) groups is 2. The molecule has 1 atom stereocenters. The van der Waals surface area contributed by atoms with E-state index in [-0.39, 0.29) is 23.7 Å². The molecule has 1 N–H and O–H groups in total. The van der Waals surface area contributed by atoms with Crippen LogP contribution in [-0.4, -0.2) is 24.9 Å². The van der Waals surface area contributed by atoms with Crippen LogP contribution in [0.2, 0.25) is 5.02 Å². The third-order valence-corrected chi connectivity index (χ3v) is 4.11. The molecule has 4 nitrogen and oxygen atoms in total. The monoisotopic (exact) mass is 292 g/mol. The zero-order chi connectivity index (χ0) is 14.1. The fraction of sp³-hybridized carbons (Fsp3) is 0.467. The third kappa shape index (κ3) is 2.96. The van der Waals surface area contributed by atoms with Crippen LogP contribution < -0.4 is 10.2 Å². The van der Waals surface area contributed by atoms with Gasteiger partial charge in [-0.2, -0.15) is 0 Å². The summed E-state index contributed by atoms with van der Waals surface area (Å²) in [5, 5.41) is 3.61. The van der Waals surface area contributed by atoms with Gasteiger partial charge in [-0.3, -0.25) is 9.59 Å². The lowest BCUT2D eigenvalue weighted by atomic mass is 10.1. The first-order valence-electron chi connectivity index (χ1n) is 6.97. The second kappa shape index (κ2) is 5.44. The third-order valence-electron chi connectivity index (χ3n) is 3.86.